The summed E-state index contributed by atoms with van der Waals surface area (Å²) in [5.74, 6) is -1.41. The average Bonchev–Trinajstić information content (AvgIpc) is 2.55. The number of hydrogen-bond acceptors (Lipinski definition) is 4. The minimum Gasteiger partial charge on any atom is -0.507 e. The Morgan fingerprint density at radius 2 is 1.67 bits per heavy atom. The highest BCUT2D eigenvalue weighted by molar-refractivity contribution is 6.34. The van der Waals surface area contributed by atoms with Crippen molar-refractivity contribution in [3.05, 3.63) is 57.0 Å². The third kappa shape index (κ3) is 4.92. The zero-order valence-electron chi connectivity index (χ0n) is 12.0. The Bertz CT molecular complexity index is 783. The molecule has 3 N–H and O–H groups in total. The van der Waals surface area contributed by atoms with Crippen LogP contribution < -0.4 is 15.6 Å². The molecule has 2 amide bonds. The average molecular weight is 390 g/mol. The van der Waals surface area contributed by atoms with E-state index in [1.807, 2.05) is 0 Å². The molecule has 0 aliphatic heterocycles. The summed E-state index contributed by atoms with van der Waals surface area (Å²) in [6, 6.07) is 8.52. The first kappa shape index (κ1) is 18.2. The molecule has 9 heteroatoms. The van der Waals surface area contributed by atoms with Gasteiger partial charge in [0.15, 0.2) is 6.61 Å². The summed E-state index contributed by atoms with van der Waals surface area (Å²) in [5.41, 5.74) is 4.19. The second-order valence-electron chi connectivity index (χ2n) is 4.53. The van der Waals surface area contributed by atoms with Crippen LogP contribution in [0.2, 0.25) is 15.1 Å². The highest BCUT2D eigenvalue weighted by atomic mass is 35.5. The number of phenols is 1. The molecule has 0 unspecified atom stereocenters. The number of benzene rings is 2. The molecular weight excluding hydrogens is 379 g/mol. The predicted octanol–water partition coefficient (Wildman–Crippen LogP) is 3.19. The molecule has 2 rings (SSSR count). The number of hydrazine groups is 1. The normalized spacial score (nSPS) is 10.1. The number of nitrogens with one attached hydrogen (secondary N) is 2. The van der Waals surface area contributed by atoms with E-state index in [1.54, 1.807) is 6.07 Å². The molecule has 0 bridgehead atoms. The van der Waals surface area contributed by atoms with Gasteiger partial charge < -0.3 is 9.84 Å². The van der Waals surface area contributed by atoms with Crippen LogP contribution in [0.1, 0.15) is 10.4 Å². The summed E-state index contributed by atoms with van der Waals surface area (Å²) in [6.45, 7) is -0.401. The van der Waals surface area contributed by atoms with Gasteiger partial charge >= 0.3 is 0 Å². The Balaban J connectivity index is 1.88. The van der Waals surface area contributed by atoms with Gasteiger partial charge in [-0.05, 0) is 30.3 Å². The van der Waals surface area contributed by atoms with Gasteiger partial charge in [-0.2, -0.15) is 0 Å². The summed E-state index contributed by atoms with van der Waals surface area (Å²) in [5, 5.41) is 10.6. The lowest BCUT2D eigenvalue weighted by atomic mass is 10.2. The molecule has 0 heterocycles. The zero-order chi connectivity index (χ0) is 17.7. The molecule has 0 aromatic heterocycles. The first-order valence-corrected chi connectivity index (χ1v) is 7.66. The third-order valence-electron chi connectivity index (χ3n) is 2.77. The molecule has 0 aliphatic rings. The first-order valence-electron chi connectivity index (χ1n) is 6.52. The molecule has 126 valence electrons. The van der Waals surface area contributed by atoms with E-state index in [0.29, 0.717) is 10.0 Å². The van der Waals surface area contributed by atoms with Gasteiger partial charge in [0.25, 0.3) is 11.8 Å². The minimum atomic E-state index is -0.732. The second-order valence-corrected chi connectivity index (χ2v) is 5.81. The Morgan fingerprint density at radius 3 is 2.42 bits per heavy atom. The molecule has 0 saturated heterocycles. The number of aromatic hydroxyl groups is 1. The van der Waals surface area contributed by atoms with E-state index >= 15 is 0 Å². The zero-order valence-corrected chi connectivity index (χ0v) is 14.2. The number of hydrogen-bond donors (Lipinski definition) is 3. The molecular formula is C15H11Cl3N2O4. The molecule has 2 aromatic rings. The fourth-order valence-corrected chi connectivity index (χ4v) is 2.16. The largest absolute Gasteiger partial charge is 0.507 e. The number of amides is 2. The standard InChI is InChI=1S/C15H11Cl3N2O4/c16-8-2-4-12(21)10(5-8)15(23)20-19-14(22)7-24-13-6-9(17)1-3-11(13)18/h1-6,21H,7H2,(H,19,22)(H,20,23). The summed E-state index contributed by atoms with van der Waals surface area (Å²) in [6.07, 6.45) is 0. The van der Waals surface area contributed by atoms with E-state index in [9.17, 15) is 14.7 Å². The topological polar surface area (TPSA) is 87.7 Å². The number of phenolic OH excluding ortho intramolecular Hbond substituents is 1. The molecule has 24 heavy (non-hydrogen) atoms. The van der Waals surface area contributed by atoms with Gasteiger partial charge in [-0.3, -0.25) is 20.4 Å². The predicted molar refractivity (Wildman–Crippen MR) is 90.7 cm³/mol. The quantitative estimate of drug-likeness (QED) is 0.701. The first-order chi connectivity index (χ1) is 11.4. The van der Waals surface area contributed by atoms with Crippen molar-refractivity contribution in [1.29, 1.82) is 0 Å². The Kier molecular flexibility index (Phi) is 6.14. The lowest BCUT2D eigenvalue weighted by Crippen LogP contribution is -2.43. The molecule has 0 radical (unpaired) electrons. The van der Waals surface area contributed by atoms with E-state index in [2.05, 4.69) is 10.9 Å². The lowest BCUT2D eigenvalue weighted by Gasteiger charge is -2.10. The number of carbonyl (C=O) groups excluding carboxylic acids is 2. The van der Waals surface area contributed by atoms with Gasteiger partial charge in [-0.1, -0.05) is 34.8 Å². The Morgan fingerprint density at radius 1 is 1.00 bits per heavy atom. The van der Waals surface area contributed by atoms with Crippen molar-refractivity contribution in [2.75, 3.05) is 6.61 Å². The van der Waals surface area contributed by atoms with E-state index in [0.717, 1.165) is 0 Å². The van der Waals surface area contributed by atoms with Gasteiger partial charge in [-0.25, -0.2) is 0 Å². The van der Waals surface area contributed by atoms with E-state index < -0.39 is 18.4 Å². The monoisotopic (exact) mass is 388 g/mol. The van der Waals surface area contributed by atoms with Crippen LogP contribution in [0.25, 0.3) is 0 Å². The van der Waals surface area contributed by atoms with Gasteiger partial charge in [0, 0.05) is 16.1 Å². The van der Waals surface area contributed by atoms with Crippen LogP contribution in [0.4, 0.5) is 0 Å². The number of ether oxygens (including phenoxy) is 1. The van der Waals surface area contributed by atoms with Crippen LogP contribution >= 0.6 is 34.8 Å². The highest BCUT2D eigenvalue weighted by Crippen LogP contribution is 2.27. The number of rotatable bonds is 4. The fraction of sp³-hybridized carbons (Fsp3) is 0.0667. The van der Waals surface area contributed by atoms with Crippen molar-refractivity contribution in [3.8, 4) is 11.5 Å². The molecule has 0 spiro atoms. The van der Waals surface area contributed by atoms with Crippen molar-refractivity contribution in [2.24, 2.45) is 0 Å². The van der Waals surface area contributed by atoms with Crippen LogP contribution in [-0.2, 0) is 4.79 Å². The van der Waals surface area contributed by atoms with E-state index in [-0.39, 0.29) is 22.1 Å². The molecule has 2 aromatic carbocycles. The SMILES string of the molecule is O=C(COc1cc(Cl)ccc1Cl)NNC(=O)c1cc(Cl)ccc1O. The van der Waals surface area contributed by atoms with E-state index in [4.69, 9.17) is 39.5 Å². The number of carbonyl (C=O) groups is 2. The molecule has 6 nitrogen and oxygen atoms in total. The molecule has 0 atom stereocenters. The van der Waals surface area contributed by atoms with Crippen molar-refractivity contribution >= 4 is 46.6 Å². The fourth-order valence-electron chi connectivity index (χ4n) is 1.65. The van der Waals surface area contributed by atoms with Gasteiger partial charge in [0.1, 0.15) is 11.5 Å². The Hall–Kier alpha value is -2.15. The number of halogens is 3. The molecule has 0 aliphatic carbocycles. The Labute approximate surface area is 152 Å². The maximum Gasteiger partial charge on any atom is 0.276 e. The third-order valence-corrected chi connectivity index (χ3v) is 3.55. The van der Waals surface area contributed by atoms with Crippen molar-refractivity contribution in [1.82, 2.24) is 10.9 Å². The van der Waals surface area contributed by atoms with E-state index in [1.165, 1.54) is 30.3 Å². The van der Waals surface area contributed by atoms with Gasteiger partial charge in [0.05, 0.1) is 10.6 Å². The van der Waals surface area contributed by atoms with Crippen molar-refractivity contribution in [3.63, 3.8) is 0 Å². The highest BCUT2D eigenvalue weighted by Gasteiger charge is 2.13. The second kappa shape index (κ2) is 8.10. The summed E-state index contributed by atoms with van der Waals surface area (Å²) < 4.78 is 5.21. The molecule has 0 saturated carbocycles. The summed E-state index contributed by atoms with van der Waals surface area (Å²) >= 11 is 17.4. The van der Waals surface area contributed by atoms with Crippen LogP contribution in [0.15, 0.2) is 36.4 Å². The summed E-state index contributed by atoms with van der Waals surface area (Å²) in [4.78, 5) is 23.6. The maximum absolute atomic E-state index is 11.9. The van der Waals surface area contributed by atoms with Gasteiger partial charge in [-0.15, -0.1) is 0 Å². The van der Waals surface area contributed by atoms with Crippen molar-refractivity contribution in [2.45, 2.75) is 0 Å². The molecule has 0 fully saturated rings. The summed E-state index contributed by atoms with van der Waals surface area (Å²) in [7, 11) is 0. The van der Waals surface area contributed by atoms with Crippen LogP contribution in [0.3, 0.4) is 0 Å². The van der Waals surface area contributed by atoms with Crippen LogP contribution in [0, 0.1) is 0 Å². The smallest absolute Gasteiger partial charge is 0.276 e. The lowest BCUT2D eigenvalue weighted by molar-refractivity contribution is -0.123. The maximum atomic E-state index is 11.9. The van der Waals surface area contributed by atoms with Gasteiger partial charge in [0.2, 0.25) is 0 Å². The van der Waals surface area contributed by atoms with Crippen LogP contribution in [-0.4, -0.2) is 23.5 Å². The minimum absolute atomic E-state index is 0.0818. The van der Waals surface area contributed by atoms with Crippen LogP contribution in [0.5, 0.6) is 11.5 Å². The van der Waals surface area contributed by atoms with Crippen molar-refractivity contribution < 1.29 is 19.4 Å².